The largest absolute Gasteiger partial charge is 0.391 e. The van der Waals surface area contributed by atoms with E-state index < -0.39 is 22.0 Å². The molecule has 0 fully saturated rings. The molecule has 9 heavy (non-hydrogen) atoms. The number of aliphatic hydroxyl groups is 1. The highest BCUT2D eigenvalue weighted by molar-refractivity contribution is 7.85. The van der Waals surface area contributed by atoms with Crippen LogP contribution in [0.15, 0.2) is 0 Å². The van der Waals surface area contributed by atoms with Crippen LogP contribution < -0.4 is 0 Å². The Labute approximate surface area is 58.2 Å². The maximum Gasteiger partial charge on any atom is 0.267 e. The highest BCUT2D eigenvalue weighted by atomic mass is 35.5. The van der Waals surface area contributed by atoms with Gasteiger partial charge in [0, 0.05) is 5.88 Å². The van der Waals surface area contributed by atoms with Gasteiger partial charge in [-0.05, 0) is 0 Å². The van der Waals surface area contributed by atoms with Gasteiger partial charge >= 0.3 is 0 Å². The summed E-state index contributed by atoms with van der Waals surface area (Å²) in [7, 11) is -4.07. The molecule has 0 rings (SSSR count). The third-order valence-electron chi connectivity index (χ3n) is 0.581. The topological polar surface area (TPSA) is 74.6 Å². The van der Waals surface area contributed by atoms with Gasteiger partial charge in [-0.1, -0.05) is 0 Å². The van der Waals surface area contributed by atoms with Crippen molar-refractivity contribution in [3.05, 3.63) is 0 Å². The summed E-state index contributed by atoms with van der Waals surface area (Å²) in [5.74, 6) is -0.893. The highest BCUT2D eigenvalue weighted by Gasteiger charge is 2.11. The molecule has 0 aromatic carbocycles. The van der Waals surface area contributed by atoms with Crippen LogP contribution in [0.2, 0.25) is 0 Å². The first-order valence-electron chi connectivity index (χ1n) is 2.15. The molecule has 0 saturated heterocycles. The van der Waals surface area contributed by atoms with Gasteiger partial charge in [0.2, 0.25) is 0 Å². The first kappa shape index (κ1) is 9.16. The van der Waals surface area contributed by atoms with Crippen molar-refractivity contribution >= 4 is 21.7 Å². The Bertz CT molecular complexity index is 163. The molecule has 0 amide bonds. The molecule has 1 atom stereocenters. The lowest BCUT2D eigenvalue weighted by Crippen LogP contribution is -2.21. The number of hydrogen-bond acceptors (Lipinski definition) is 3. The van der Waals surface area contributed by atoms with Crippen LogP contribution in [0.25, 0.3) is 0 Å². The van der Waals surface area contributed by atoms with Crippen LogP contribution in [0.3, 0.4) is 0 Å². The summed E-state index contributed by atoms with van der Waals surface area (Å²) >= 11 is 5.03. The molecule has 0 heterocycles. The summed E-state index contributed by atoms with van der Waals surface area (Å²) in [5.41, 5.74) is 0. The maximum atomic E-state index is 9.94. The predicted molar refractivity (Wildman–Crippen MR) is 33.1 cm³/mol. The monoisotopic (exact) mass is 174 g/mol. The maximum absolute atomic E-state index is 9.94. The number of rotatable bonds is 3. The number of hydrogen-bond donors (Lipinski definition) is 2. The Morgan fingerprint density at radius 3 is 2.11 bits per heavy atom. The van der Waals surface area contributed by atoms with Crippen LogP contribution in [0.4, 0.5) is 0 Å². The molecule has 4 nitrogen and oxygen atoms in total. The van der Waals surface area contributed by atoms with E-state index in [0.717, 1.165) is 0 Å². The zero-order valence-electron chi connectivity index (χ0n) is 4.49. The van der Waals surface area contributed by atoms with E-state index in [-0.39, 0.29) is 5.88 Å². The standard InChI is InChI=1S/C3H7ClO4S/c4-1-3(5)2-9(6,7)8/h3,5H,1-2H2,(H,6,7,8)/t3-/m1/s1. The quantitative estimate of drug-likeness (QED) is 0.446. The lowest BCUT2D eigenvalue weighted by Gasteiger charge is -2.00. The van der Waals surface area contributed by atoms with Gasteiger partial charge < -0.3 is 5.11 Å². The first-order chi connectivity index (χ1) is 3.95. The highest BCUT2D eigenvalue weighted by Crippen LogP contribution is 1.91. The summed E-state index contributed by atoms with van der Waals surface area (Å²) in [6.45, 7) is 0. The summed E-state index contributed by atoms with van der Waals surface area (Å²) in [6.07, 6.45) is -1.18. The van der Waals surface area contributed by atoms with Crippen LogP contribution in [0.5, 0.6) is 0 Å². The molecule has 0 aliphatic rings. The number of halogens is 1. The Morgan fingerprint density at radius 2 is 2.00 bits per heavy atom. The van der Waals surface area contributed by atoms with Gasteiger partial charge in [-0.25, -0.2) is 0 Å². The van der Waals surface area contributed by atoms with Crippen LogP contribution in [0, 0.1) is 0 Å². The molecule has 2 N–H and O–H groups in total. The van der Waals surface area contributed by atoms with E-state index >= 15 is 0 Å². The van der Waals surface area contributed by atoms with Gasteiger partial charge in [-0.2, -0.15) is 8.42 Å². The van der Waals surface area contributed by atoms with E-state index in [1.165, 1.54) is 0 Å². The minimum Gasteiger partial charge on any atom is -0.391 e. The second-order valence-electron chi connectivity index (χ2n) is 1.56. The van der Waals surface area contributed by atoms with Gasteiger partial charge in [0.1, 0.15) is 5.75 Å². The zero-order chi connectivity index (χ0) is 7.49. The van der Waals surface area contributed by atoms with Crippen LogP contribution in [-0.4, -0.2) is 35.8 Å². The molecule has 0 unspecified atom stereocenters. The summed E-state index contributed by atoms with van der Waals surface area (Å²) in [6, 6.07) is 0. The third kappa shape index (κ3) is 6.04. The zero-order valence-corrected chi connectivity index (χ0v) is 6.06. The fraction of sp³-hybridized carbons (Fsp3) is 1.00. The number of alkyl halides is 1. The average molecular weight is 175 g/mol. The number of aliphatic hydroxyl groups excluding tert-OH is 1. The normalized spacial score (nSPS) is 15.4. The lowest BCUT2D eigenvalue weighted by molar-refractivity contribution is 0.218. The fourth-order valence-electron chi connectivity index (χ4n) is 0.288. The molecule has 0 saturated carbocycles. The Morgan fingerprint density at radius 1 is 1.56 bits per heavy atom. The van der Waals surface area contributed by atoms with Gasteiger partial charge in [0.15, 0.2) is 0 Å². The van der Waals surface area contributed by atoms with Crippen LogP contribution in [-0.2, 0) is 10.1 Å². The van der Waals surface area contributed by atoms with E-state index in [1.54, 1.807) is 0 Å². The van der Waals surface area contributed by atoms with Crippen molar-refractivity contribution in [3.8, 4) is 0 Å². The molecule has 0 aliphatic heterocycles. The van der Waals surface area contributed by atoms with E-state index in [4.69, 9.17) is 21.3 Å². The molecule has 6 heteroatoms. The van der Waals surface area contributed by atoms with E-state index in [0.29, 0.717) is 0 Å². The molecule has 0 aliphatic carbocycles. The molecule has 0 spiro atoms. The van der Waals surface area contributed by atoms with Gasteiger partial charge in [-0.15, -0.1) is 11.6 Å². The van der Waals surface area contributed by atoms with Crippen molar-refractivity contribution in [2.45, 2.75) is 6.10 Å². The van der Waals surface area contributed by atoms with Crippen molar-refractivity contribution in [3.63, 3.8) is 0 Å². The van der Waals surface area contributed by atoms with Crippen molar-refractivity contribution in [1.29, 1.82) is 0 Å². The summed E-state index contributed by atoms with van der Waals surface area (Å²) in [4.78, 5) is 0. The van der Waals surface area contributed by atoms with E-state index in [9.17, 15) is 8.42 Å². The van der Waals surface area contributed by atoms with Crippen LogP contribution in [0.1, 0.15) is 0 Å². The molecule has 0 bridgehead atoms. The summed E-state index contributed by atoms with van der Waals surface area (Å²) < 4.78 is 27.9. The van der Waals surface area contributed by atoms with Crippen molar-refractivity contribution in [2.75, 3.05) is 11.6 Å². The SMILES string of the molecule is O=S(=O)(O)C[C@H](O)CCl. The Balaban J connectivity index is 3.75. The molecular weight excluding hydrogens is 168 g/mol. The van der Waals surface area contributed by atoms with E-state index in [2.05, 4.69) is 0 Å². The first-order valence-corrected chi connectivity index (χ1v) is 4.29. The smallest absolute Gasteiger partial charge is 0.267 e. The molecule has 0 aromatic heterocycles. The molecular formula is C3H7ClO4S. The molecule has 56 valence electrons. The lowest BCUT2D eigenvalue weighted by atomic mass is 10.5. The van der Waals surface area contributed by atoms with E-state index in [1.807, 2.05) is 0 Å². The van der Waals surface area contributed by atoms with Crippen LogP contribution >= 0.6 is 11.6 Å². The predicted octanol–water partition coefficient (Wildman–Crippen LogP) is -0.526. The van der Waals surface area contributed by atoms with Gasteiger partial charge in [0.05, 0.1) is 6.10 Å². The van der Waals surface area contributed by atoms with Gasteiger partial charge in [0.25, 0.3) is 10.1 Å². The minimum absolute atomic E-state index is 0.195. The average Bonchev–Trinajstić information content (AvgIpc) is 1.62. The summed E-state index contributed by atoms with van der Waals surface area (Å²) in [5, 5.41) is 8.52. The van der Waals surface area contributed by atoms with Crippen molar-refractivity contribution < 1.29 is 18.1 Å². The van der Waals surface area contributed by atoms with Crippen molar-refractivity contribution in [1.82, 2.24) is 0 Å². The molecule has 0 aromatic rings. The minimum atomic E-state index is -4.07. The molecule has 0 radical (unpaired) electrons. The second-order valence-corrected chi connectivity index (χ2v) is 3.36. The van der Waals surface area contributed by atoms with Gasteiger partial charge in [-0.3, -0.25) is 4.55 Å². The Kier molecular flexibility index (Phi) is 3.42. The second kappa shape index (κ2) is 3.36. The Hall–Kier alpha value is 0.160. The fourth-order valence-corrected chi connectivity index (χ4v) is 1.13. The van der Waals surface area contributed by atoms with Crippen molar-refractivity contribution in [2.24, 2.45) is 0 Å². The third-order valence-corrected chi connectivity index (χ3v) is 1.74.